The van der Waals surface area contributed by atoms with E-state index in [1.54, 1.807) is 19.5 Å². The van der Waals surface area contributed by atoms with Crippen LogP contribution in [0.25, 0.3) is 0 Å². The molecule has 2 aromatic rings. The van der Waals surface area contributed by atoms with Crippen LogP contribution in [-0.4, -0.2) is 17.1 Å². The molecule has 1 unspecified atom stereocenters. The molecule has 0 bridgehead atoms. The smallest absolute Gasteiger partial charge is 0.122 e. The Morgan fingerprint density at radius 3 is 2.37 bits per heavy atom. The molecule has 0 saturated carbocycles. The summed E-state index contributed by atoms with van der Waals surface area (Å²) in [5.41, 5.74) is 11.2. The van der Waals surface area contributed by atoms with E-state index in [1.807, 2.05) is 26.8 Å². The monoisotopic (exact) mass is 257 g/mol. The van der Waals surface area contributed by atoms with Gasteiger partial charge in [0.1, 0.15) is 5.75 Å². The zero-order chi connectivity index (χ0) is 14.0. The molecule has 19 heavy (non-hydrogen) atoms. The minimum Gasteiger partial charge on any atom is -0.496 e. The fourth-order valence-corrected chi connectivity index (χ4v) is 2.09. The maximum atomic E-state index is 6.28. The van der Waals surface area contributed by atoms with E-state index in [-0.39, 0.29) is 6.04 Å². The first-order chi connectivity index (χ1) is 9.02. The van der Waals surface area contributed by atoms with Gasteiger partial charge in [-0.3, -0.25) is 9.97 Å². The van der Waals surface area contributed by atoms with Crippen molar-refractivity contribution in [1.29, 1.82) is 0 Å². The molecule has 0 spiro atoms. The lowest BCUT2D eigenvalue weighted by molar-refractivity contribution is 0.411. The average molecular weight is 257 g/mol. The molecule has 0 amide bonds. The molecule has 1 aromatic carbocycles. The number of nitrogens with zero attached hydrogens (tertiary/aromatic N) is 2. The Morgan fingerprint density at radius 2 is 1.79 bits per heavy atom. The number of hydrogen-bond acceptors (Lipinski definition) is 4. The molecule has 0 aliphatic heterocycles. The molecule has 0 aliphatic rings. The van der Waals surface area contributed by atoms with Gasteiger partial charge in [0.05, 0.1) is 30.7 Å². The Bertz CT molecular complexity index is 579. The van der Waals surface area contributed by atoms with Crippen molar-refractivity contribution in [3.63, 3.8) is 0 Å². The van der Waals surface area contributed by atoms with Crippen molar-refractivity contribution in [2.45, 2.75) is 26.8 Å². The minimum absolute atomic E-state index is 0.266. The number of aryl methyl sites for hydroxylation is 3. The highest BCUT2D eigenvalue weighted by molar-refractivity contribution is 5.44. The second kappa shape index (κ2) is 5.36. The molecule has 4 heteroatoms. The molecule has 0 fully saturated rings. The third kappa shape index (κ3) is 2.74. The molecule has 0 saturated heterocycles. The Labute approximate surface area is 113 Å². The molecule has 4 nitrogen and oxygen atoms in total. The van der Waals surface area contributed by atoms with E-state index in [1.165, 1.54) is 0 Å². The Morgan fingerprint density at radius 1 is 1.05 bits per heavy atom. The summed E-state index contributed by atoms with van der Waals surface area (Å²) < 4.78 is 5.31. The quantitative estimate of drug-likeness (QED) is 0.917. The van der Waals surface area contributed by atoms with Gasteiger partial charge in [-0.1, -0.05) is 6.07 Å². The zero-order valence-corrected chi connectivity index (χ0v) is 11.8. The number of nitrogens with two attached hydrogens (primary N) is 1. The van der Waals surface area contributed by atoms with Crippen molar-refractivity contribution in [2.24, 2.45) is 5.73 Å². The predicted octanol–water partition coefficient (Wildman–Crippen LogP) is 2.46. The second-order valence-corrected chi connectivity index (χ2v) is 4.74. The average Bonchev–Trinajstić information content (AvgIpc) is 2.41. The summed E-state index contributed by atoms with van der Waals surface area (Å²) in [6, 6.07) is 3.80. The van der Waals surface area contributed by atoms with Crippen LogP contribution in [0.15, 0.2) is 24.5 Å². The van der Waals surface area contributed by atoms with Gasteiger partial charge >= 0.3 is 0 Å². The number of ether oxygens (including phenoxy) is 1. The van der Waals surface area contributed by atoms with Gasteiger partial charge in [-0.15, -0.1) is 0 Å². The molecule has 1 aromatic heterocycles. The summed E-state index contributed by atoms with van der Waals surface area (Å²) in [5, 5.41) is 0. The van der Waals surface area contributed by atoms with Crippen LogP contribution in [0.2, 0.25) is 0 Å². The molecule has 0 radical (unpaired) electrons. The van der Waals surface area contributed by atoms with Crippen molar-refractivity contribution in [3.05, 3.63) is 52.6 Å². The molecular weight excluding hydrogens is 238 g/mol. The van der Waals surface area contributed by atoms with Crippen LogP contribution in [-0.2, 0) is 0 Å². The van der Waals surface area contributed by atoms with E-state index >= 15 is 0 Å². The van der Waals surface area contributed by atoms with Crippen LogP contribution in [0, 0.1) is 20.8 Å². The highest BCUT2D eigenvalue weighted by Crippen LogP contribution is 2.27. The van der Waals surface area contributed by atoms with Gasteiger partial charge in [-0.2, -0.15) is 0 Å². The lowest BCUT2D eigenvalue weighted by Gasteiger charge is -2.16. The number of benzene rings is 1. The topological polar surface area (TPSA) is 61.0 Å². The third-order valence-electron chi connectivity index (χ3n) is 3.24. The number of aromatic nitrogens is 2. The fourth-order valence-electron chi connectivity index (χ4n) is 2.09. The standard InChI is InChI=1S/C15H19N3O/c1-9-6-14(19-4)10(2)5-12(9)15(16)13-8-17-11(3)7-18-13/h5-8,15H,16H2,1-4H3. The molecule has 2 N–H and O–H groups in total. The maximum absolute atomic E-state index is 6.28. The van der Waals surface area contributed by atoms with Gasteiger partial charge in [0.15, 0.2) is 0 Å². The summed E-state index contributed by atoms with van der Waals surface area (Å²) in [6.07, 6.45) is 3.47. The van der Waals surface area contributed by atoms with Crippen LogP contribution < -0.4 is 10.5 Å². The van der Waals surface area contributed by atoms with E-state index in [2.05, 4.69) is 16.0 Å². The van der Waals surface area contributed by atoms with Crippen molar-refractivity contribution in [1.82, 2.24) is 9.97 Å². The Hall–Kier alpha value is -1.94. The normalized spacial score (nSPS) is 12.3. The molecule has 1 heterocycles. The van der Waals surface area contributed by atoms with Gasteiger partial charge < -0.3 is 10.5 Å². The van der Waals surface area contributed by atoms with Crippen molar-refractivity contribution in [3.8, 4) is 5.75 Å². The van der Waals surface area contributed by atoms with E-state index in [4.69, 9.17) is 10.5 Å². The number of hydrogen-bond donors (Lipinski definition) is 1. The van der Waals surface area contributed by atoms with Crippen LogP contribution in [0.5, 0.6) is 5.75 Å². The Kier molecular flexibility index (Phi) is 3.81. The molecule has 1 atom stereocenters. The minimum atomic E-state index is -0.266. The number of methoxy groups -OCH3 is 1. The van der Waals surface area contributed by atoms with Crippen molar-refractivity contribution >= 4 is 0 Å². The lowest BCUT2D eigenvalue weighted by atomic mass is 9.97. The van der Waals surface area contributed by atoms with Crippen LogP contribution >= 0.6 is 0 Å². The first-order valence-corrected chi connectivity index (χ1v) is 6.22. The zero-order valence-electron chi connectivity index (χ0n) is 11.8. The highest BCUT2D eigenvalue weighted by atomic mass is 16.5. The molecule has 0 aliphatic carbocycles. The molecular formula is C15H19N3O. The van der Waals surface area contributed by atoms with E-state index in [0.717, 1.165) is 33.8 Å². The summed E-state index contributed by atoms with van der Waals surface area (Å²) in [5.74, 6) is 0.878. The van der Waals surface area contributed by atoms with Crippen molar-refractivity contribution in [2.75, 3.05) is 7.11 Å². The van der Waals surface area contributed by atoms with Crippen LogP contribution in [0.4, 0.5) is 0 Å². The van der Waals surface area contributed by atoms with Gasteiger partial charge in [0.25, 0.3) is 0 Å². The highest BCUT2D eigenvalue weighted by Gasteiger charge is 2.15. The SMILES string of the molecule is COc1cc(C)c(C(N)c2cnc(C)cn2)cc1C. The molecule has 100 valence electrons. The van der Waals surface area contributed by atoms with E-state index in [9.17, 15) is 0 Å². The largest absolute Gasteiger partial charge is 0.496 e. The summed E-state index contributed by atoms with van der Waals surface area (Å²) in [6.45, 7) is 5.94. The van der Waals surface area contributed by atoms with Gasteiger partial charge in [-0.25, -0.2) is 0 Å². The Balaban J connectivity index is 2.41. The van der Waals surface area contributed by atoms with Crippen molar-refractivity contribution < 1.29 is 4.74 Å². The third-order valence-corrected chi connectivity index (χ3v) is 3.24. The van der Waals surface area contributed by atoms with E-state index < -0.39 is 0 Å². The lowest BCUT2D eigenvalue weighted by Crippen LogP contribution is -2.15. The summed E-state index contributed by atoms with van der Waals surface area (Å²) >= 11 is 0. The first-order valence-electron chi connectivity index (χ1n) is 6.22. The first kappa shape index (κ1) is 13.5. The maximum Gasteiger partial charge on any atom is 0.122 e. The van der Waals surface area contributed by atoms with Gasteiger partial charge in [0.2, 0.25) is 0 Å². The number of rotatable bonds is 3. The van der Waals surface area contributed by atoms with Gasteiger partial charge in [0, 0.05) is 6.20 Å². The van der Waals surface area contributed by atoms with Crippen LogP contribution in [0.1, 0.15) is 34.1 Å². The predicted molar refractivity (Wildman–Crippen MR) is 75.3 cm³/mol. The molecule has 2 rings (SSSR count). The van der Waals surface area contributed by atoms with Crippen LogP contribution in [0.3, 0.4) is 0 Å². The fraction of sp³-hybridized carbons (Fsp3) is 0.333. The summed E-state index contributed by atoms with van der Waals surface area (Å²) in [7, 11) is 1.67. The summed E-state index contributed by atoms with van der Waals surface area (Å²) in [4.78, 5) is 8.59. The second-order valence-electron chi connectivity index (χ2n) is 4.74. The van der Waals surface area contributed by atoms with Gasteiger partial charge in [-0.05, 0) is 43.5 Å². The van der Waals surface area contributed by atoms with E-state index in [0.29, 0.717) is 0 Å².